The lowest BCUT2D eigenvalue weighted by molar-refractivity contribution is -0.135. The van der Waals surface area contributed by atoms with Gasteiger partial charge in [-0.25, -0.2) is 0 Å². The number of rotatable bonds is 5. The predicted octanol–water partition coefficient (Wildman–Crippen LogP) is 4.67. The minimum absolute atomic E-state index is 0.0301. The van der Waals surface area contributed by atoms with Gasteiger partial charge in [-0.1, -0.05) is 62.7 Å². The average Bonchev–Trinajstić information content (AvgIpc) is 2.68. The first kappa shape index (κ1) is 21.7. The van der Waals surface area contributed by atoms with Crippen LogP contribution in [0.5, 0.6) is 5.75 Å². The van der Waals surface area contributed by atoms with E-state index in [0.717, 1.165) is 54.6 Å². The number of halogens is 1. The number of carbonyl (C=O) groups excluding carboxylic acids is 1. The Morgan fingerprint density at radius 1 is 1.03 bits per heavy atom. The van der Waals surface area contributed by atoms with E-state index in [-0.39, 0.29) is 17.9 Å². The Morgan fingerprint density at radius 3 is 2.31 bits per heavy atom. The van der Waals surface area contributed by atoms with Crippen molar-refractivity contribution in [2.24, 2.45) is 0 Å². The van der Waals surface area contributed by atoms with Crippen LogP contribution in [-0.4, -0.2) is 48.5 Å². The van der Waals surface area contributed by atoms with E-state index in [1.807, 2.05) is 36.1 Å². The highest BCUT2D eigenvalue weighted by Gasteiger charge is 2.24. The van der Waals surface area contributed by atoms with Gasteiger partial charge in [0.1, 0.15) is 5.75 Å². The Balaban J connectivity index is 1.52. The first-order chi connectivity index (χ1) is 13.7. The van der Waals surface area contributed by atoms with Gasteiger partial charge in [0, 0.05) is 37.7 Å². The maximum Gasteiger partial charge on any atom is 0.260 e. The second kappa shape index (κ2) is 9.19. The van der Waals surface area contributed by atoms with Gasteiger partial charge >= 0.3 is 0 Å². The van der Waals surface area contributed by atoms with Crippen molar-refractivity contribution in [3.05, 3.63) is 64.2 Å². The van der Waals surface area contributed by atoms with E-state index >= 15 is 0 Å². The molecule has 0 aliphatic carbocycles. The molecule has 2 aromatic carbocycles. The van der Waals surface area contributed by atoms with Crippen molar-refractivity contribution in [2.75, 3.05) is 32.8 Å². The van der Waals surface area contributed by atoms with Gasteiger partial charge < -0.3 is 9.64 Å². The summed E-state index contributed by atoms with van der Waals surface area (Å²) in [6.45, 7) is 12.7. The summed E-state index contributed by atoms with van der Waals surface area (Å²) in [4.78, 5) is 17.0. The number of hydrogen-bond acceptors (Lipinski definition) is 3. The third-order valence-corrected chi connectivity index (χ3v) is 5.66. The number of benzene rings is 2. The van der Waals surface area contributed by atoms with E-state index in [2.05, 4.69) is 43.9 Å². The van der Waals surface area contributed by atoms with Crippen LogP contribution in [0.4, 0.5) is 0 Å². The van der Waals surface area contributed by atoms with Crippen LogP contribution in [0.25, 0.3) is 0 Å². The highest BCUT2D eigenvalue weighted by Crippen LogP contribution is 2.33. The van der Waals surface area contributed by atoms with E-state index in [1.165, 1.54) is 5.56 Å². The van der Waals surface area contributed by atoms with Gasteiger partial charge in [0.2, 0.25) is 0 Å². The number of hydrogen-bond donors (Lipinski definition) is 0. The summed E-state index contributed by atoms with van der Waals surface area (Å²) in [6.07, 6.45) is 0. The van der Waals surface area contributed by atoms with Crippen LogP contribution in [0.1, 0.15) is 37.5 Å². The first-order valence-corrected chi connectivity index (χ1v) is 10.6. The maximum atomic E-state index is 12.7. The lowest BCUT2D eigenvalue weighted by Gasteiger charge is -2.35. The fourth-order valence-electron chi connectivity index (χ4n) is 3.66. The lowest BCUT2D eigenvalue weighted by Crippen LogP contribution is -2.49. The molecule has 29 heavy (non-hydrogen) atoms. The van der Waals surface area contributed by atoms with Crippen LogP contribution in [0, 0.1) is 6.92 Å². The summed E-state index contributed by atoms with van der Waals surface area (Å²) >= 11 is 5.96. The molecule has 1 heterocycles. The van der Waals surface area contributed by atoms with Gasteiger partial charge in [0.15, 0.2) is 6.61 Å². The van der Waals surface area contributed by atoms with Gasteiger partial charge in [0.25, 0.3) is 5.91 Å². The van der Waals surface area contributed by atoms with Gasteiger partial charge in [0.05, 0.1) is 0 Å². The molecule has 3 rings (SSSR count). The molecule has 1 aliphatic rings. The Kier molecular flexibility index (Phi) is 6.86. The molecular weight excluding hydrogens is 384 g/mol. The molecule has 0 saturated carbocycles. The molecule has 0 radical (unpaired) electrons. The van der Waals surface area contributed by atoms with Crippen molar-refractivity contribution in [3.8, 4) is 5.75 Å². The molecule has 5 heteroatoms. The molecule has 1 aliphatic heterocycles. The van der Waals surface area contributed by atoms with Crippen LogP contribution in [0.3, 0.4) is 0 Å². The zero-order chi connectivity index (χ0) is 21.0. The minimum atomic E-state index is -0.0301. The molecule has 0 N–H and O–H groups in total. The van der Waals surface area contributed by atoms with Crippen LogP contribution < -0.4 is 4.74 Å². The van der Waals surface area contributed by atoms with E-state index in [4.69, 9.17) is 16.3 Å². The number of carbonyl (C=O) groups is 1. The Hall–Kier alpha value is -2.04. The predicted molar refractivity (Wildman–Crippen MR) is 119 cm³/mol. The normalized spacial score (nSPS) is 15.4. The van der Waals surface area contributed by atoms with Gasteiger partial charge in [-0.2, -0.15) is 0 Å². The molecule has 4 nitrogen and oxygen atoms in total. The van der Waals surface area contributed by atoms with Crippen molar-refractivity contribution in [2.45, 2.75) is 39.7 Å². The van der Waals surface area contributed by atoms with E-state index < -0.39 is 0 Å². The summed E-state index contributed by atoms with van der Waals surface area (Å²) in [6, 6.07) is 14.1. The Bertz CT molecular complexity index is 835. The molecule has 0 spiro atoms. The van der Waals surface area contributed by atoms with Crippen molar-refractivity contribution < 1.29 is 9.53 Å². The van der Waals surface area contributed by atoms with E-state index in [1.54, 1.807) is 0 Å². The monoisotopic (exact) mass is 414 g/mol. The molecule has 0 aromatic heterocycles. The fraction of sp³-hybridized carbons (Fsp3) is 0.458. The molecule has 1 fully saturated rings. The summed E-state index contributed by atoms with van der Waals surface area (Å²) in [7, 11) is 0. The molecule has 0 unspecified atom stereocenters. The first-order valence-electron chi connectivity index (χ1n) is 10.2. The smallest absolute Gasteiger partial charge is 0.260 e. The maximum absolute atomic E-state index is 12.7. The third kappa shape index (κ3) is 5.74. The number of ether oxygens (including phenoxy) is 1. The third-order valence-electron chi connectivity index (χ3n) is 5.40. The van der Waals surface area contributed by atoms with Crippen LogP contribution in [-0.2, 0) is 16.8 Å². The largest absolute Gasteiger partial charge is 0.483 e. The summed E-state index contributed by atoms with van der Waals surface area (Å²) in [5.41, 5.74) is 3.42. The molecule has 0 bridgehead atoms. The van der Waals surface area contributed by atoms with Crippen molar-refractivity contribution in [1.82, 2.24) is 9.80 Å². The topological polar surface area (TPSA) is 32.8 Å². The zero-order valence-electron chi connectivity index (χ0n) is 17.9. The molecule has 156 valence electrons. The highest BCUT2D eigenvalue weighted by atomic mass is 35.5. The molecule has 0 atom stereocenters. The fourth-order valence-corrected chi connectivity index (χ4v) is 3.79. The van der Waals surface area contributed by atoms with Crippen LogP contribution >= 0.6 is 11.6 Å². The van der Waals surface area contributed by atoms with Gasteiger partial charge in [-0.3, -0.25) is 9.69 Å². The number of piperazine rings is 1. The summed E-state index contributed by atoms with van der Waals surface area (Å²) in [5, 5.41) is 0.757. The van der Waals surface area contributed by atoms with Crippen LogP contribution in [0.15, 0.2) is 42.5 Å². The number of aryl methyl sites for hydroxylation is 1. The van der Waals surface area contributed by atoms with Crippen molar-refractivity contribution in [3.63, 3.8) is 0 Å². The van der Waals surface area contributed by atoms with Crippen molar-refractivity contribution >= 4 is 17.5 Å². The average molecular weight is 415 g/mol. The highest BCUT2D eigenvalue weighted by molar-refractivity contribution is 6.30. The quantitative estimate of drug-likeness (QED) is 0.712. The van der Waals surface area contributed by atoms with Gasteiger partial charge in [-0.15, -0.1) is 0 Å². The van der Waals surface area contributed by atoms with Crippen LogP contribution in [0.2, 0.25) is 5.02 Å². The van der Waals surface area contributed by atoms with Gasteiger partial charge in [-0.05, 0) is 41.2 Å². The number of amides is 1. The lowest BCUT2D eigenvalue weighted by atomic mass is 9.85. The zero-order valence-corrected chi connectivity index (χ0v) is 18.6. The van der Waals surface area contributed by atoms with Crippen molar-refractivity contribution in [1.29, 1.82) is 0 Å². The second-order valence-corrected chi connectivity index (χ2v) is 9.21. The molecular formula is C24H31ClN2O2. The Labute approximate surface area is 179 Å². The second-order valence-electron chi connectivity index (χ2n) is 8.77. The summed E-state index contributed by atoms with van der Waals surface area (Å²) in [5.74, 6) is 0.897. The minimum Gasteiger partial charge on any atom is -0.483 e. The van der Waals surface area contributed by atoms with E-state index in [9.17, 15) is 4.79 Å². The number of nitrogens with zero attached hydrogens (tertiary/aromatic N) is 2. The SMILES string of the molecule is Cc1cccc(C(C)(C)C)c1OCC(=O)N1CCN(Cc2ccc(Cl)cc2)CC1. The molecule has 1 saturated heterocycles. The van der Waals surface area contributed by atoms with E-state index in [0.29, 0.717) is 0 Å². The Morgan fingerprint density at radius 2 is 1.69 bits per heavy atom. The summed E-state index contributed by atoms with van der Waals surface area (Å²) < 4.78 is 6.03. The number of para-hydroxylation sites is 1. The standard InChI is InChI=1S/C24H31ClN2O2/c1-18-6-5-7-21(24(2,3)4)23(18)29-17-22(28)27-14-12-26(13-15-27)16-19-8-10-20(25)11-9-19/h5-11H,12-17H2,1-4H3. The molecule has 2 aromatic rings. The molecule has 1 amide bonds.